The fourth-order valence-electron chi connectivity index (χ4n) is 3.40. The molecule has 1 amide bonds. The van der Waals surface area contributed by atoms with E-state index < -0.39 is 5.25 Å². The van der Waals surface area contributed by atoms with Gasteiger partial charge in [-0.15, -0.1) is 10.2 Å². The summed E-state index contributed by atoms with van der Waals surface area (Å²) < 4.78 is 1.95. The van der Waals surface area contributed by atoms with Crippen LogP contribution in [-0.2, 0) is 4.79 Å². The van der Waals surface area contributed by atoms with Crippen molar-refractivity contribution in [3.63, 3.8) is 0 Å². The quantitative estimate of drug-likeness (QED) is 0.312. The van der Waals surface area contributed by atoms with E-state index in [0.717, 1.165) is 16.8 Å². The average molecular weight is 458 g/mol. The molecule has 0 aliphatic rings. The number of Topliss-reactive ketones (excluding diaryl/α,β-unsaturated/α-hetero) is 1. The van der Waals surface area contributed by atoms with E-state index in [1.807, 2.05) is 47.9 Å². The number of ketones is 1. The highest BCUT2D eigenvalue weighted by molar-refractivity contribution is 8.00. The lowest BCUT2D eigenvalue weighted by atomic mass is 10.1. The topological polar surface area (TPSA) is 89.8 Å². The summed E-state index contributed by atoms with van der Waals surface area (Å²) in [7, 11) is 0. The van der Waals surface area contributed by atoms with Gasteiger partial charge in [-0.05, 0) is 56.7 Å². The Hall–Kier alpha value is -3.78. The Morgan fingerprint density at radius 1 is 1.00 bits per heavy atom. The molecular formula is C25H23N5O2S. The first-order chi connectivity index (χ1) is 16.0. The van der Waals surface area contributed by atoms with Gasteiger partial charge in [0.15, 0.2) is 16.8 Å². The van der Waals surface area contributed by atoms with Crippen LogP contribution < -0.4 is 5.32 Å². The maximum absolute atomic E-state index is 13.0. The molecular weight excluding hydrogens is 434 g/mol. The zero-order valence-corrected chi connectivity index (χ0v) is 19.3. The molecule has 33 heavy (non-hydrogen) atoms. The van der Waals surface area contributed by atoms with Gasteiger partial charge in [0.2, 0.25) is 5.91 Å². The zero-order chi connectivity index (χ0) is 23.4. The number of nitrogens with zero attached hydrogens (tertiary/aromatic N) is 4. The van der Waals surface area contributed by atoms with E-state index in [9.17, 15) is 9.59 Å². The summed E-state index contributed by atoms with van der Waals surface area (Å²) in [5.74, 6) is 0.317. The van der Waals surface area contributed by atoms with Gasteiger partial charge in [0.25, 0.3) is 0 Å². The van der Waals surface area contributed by atoms with Gasteiger partial charge >= 0.3 is 0 Å². The number of thioether (sulfide) groups is 1. The van der Waals surface area contributed by atoms with Crippen molar-refractivity contribution in [1.29, 1.82) is 0 Å². The molecule has 2 heterocycles. The van der Waals surface area contributed by atoms with Crippen LogP contribution in [0.1, 0.15) is 29.8 Å². The Bertz CT molecular complexity index is 1300. The number of pyridine rings is 1. The summed E-state index contributed by atoms with van der Waals surface area (Å²) in [6, 6.07) is 18.7. The van der Waals surface area contributed by atoms with Gasteiger partial charge in [-0.3, -0.25) is 19.1 Å². The van der Waals surface area contributed by atoms with E-state index in [1.165, 1.54) is 18.7 Å². The maximum Gasteiger partial charge on any atom is 0.237 e. The average Bonchev–Trinajstić information content (AvgIpc) is 3.23. The van der Waals surface area contributed by atoms with Crippen molar-refractivity contribution < 1.29 is 9.59 Å². The minimum absolute atomic E-state index is 0.105. The number of carbonyl (C=O) groups is 2. The number of hydrogen-bond donors (Lipinski definition) is 1. The van der Waals surface area contributed by atoms with Gasteiger partial charge < -0.3 is 5.32 Å². The van der Waals surface area contributed by atoms with Crippen LogP contribution in [0.15, 0.2) is 78.2 Å². The summed E-state index contributed by atoms with van der Waals surface area (Å²) in [5.41, 5.74) is 3.78. The lowest BCUT2D eigenvalue weighted by Crippen LogP contribution is -2.24. The Balaban J connectivity index is 1.66. The number of carbonyl (C=O) groups excluding carboxylic acids is 2. The Labute approximate surface area is 196 Å². The van der Waals surface area contributed by atoms with E-state index in [1.54, 1.807) is 43.6 Å². The van der Waals surface area contributed by atoms with Crippen molar-refractivity contribution in [1.82, 2.24) is 19.7 Å². The first-order valence-electron chi connectivity index (χ1n) is 10.4. The predicted molar refractivity (Wildman–Crippen MR) is 130 cm³/mol. The minimum Gasteiger partial charge on any atom is -0.324 e. The first kappa shape index (κ1) is 22.4. The molecule has 0 fully saturated rings. The number of amides is 1. The molecule has 0 radical (unpaired) electrons. The zero-order valence-electron chi connectivity index (χ0n) is 18.5. The fourth-order valence-corrected chi connectivity index (χ4v) is 4.27. The number of anilines is 1. The van der Waals surface area contributed by atoms with Crippen LogP contribution in [0.5, 0.6) is 0 Å². The van der Waals surface area contributed by atoms with Crippen LogP contribution in [0.3, 0.4) is 0 Å². The molecule has 2 aromatic carbocycles. The SMILES string of the molecule is CC(=O)c1ccccc1NC(=O)C(C)Sc1nnc(-c2cccnc2)n1-c1ccccc1C. The Morgan fingerprint density at radius 2 is 1.76 bits per heavy atom. The molecule has 0 spiro atoms. The predicted octanol–water partition coefficient (Wildman–Crippen LogP) is 4.96. The van der Waals surface area contributed by atoms with Crippen LogP contribution >= 0.6 is 11.8 Å². The molecule has 2 aromatic heterocycles. The summed E-state index contributed by atoms with van der Waals surface area (Å²) in [4.78, 5) is 29.1. The lowest BCUT2D eigenvalue weighted by Gasteiger charge is -2.16. The third-order valence-corrected chi connectivity index (χ3v) is 6.17. The molecule has 0 saturated carbocycles. The summed E-state index contributed by atoms with van der Waals surface area (Å²) in [6.45, 7) is 5.30. The van der Waals surface area contributed by atoms with E-state index in [4.69, 9.17) is 0 Å². The van der Waals surface area contributed by atoms with Crippen molar-refractivity contribution >= 4 is 29.1 Å². The second-order valence-corrected chi connectivity index (χ2v) is 8.83. The van der Waals surface area contributed by atoms with E-state index in [2.05, 4.69) is 20.5 Å². The van der Waals surface area contributed by atoms with Crippen LogP contribution in [0.4, 0.5) is 5.69 Å². The van der Waals surface area contributed by atoms with Crippen molar-refractivity contribution in [2.75, 3.05) is 5.32 Å². The molecule has 1 atom stereocenters. The van der Waals surface area contributed by atoms with Gasteiger partial charge in [-0.1, -0.05) is 42.1 Å². The summed E-state index contributed by atoms with van der Waals surface area (Å²) in [5, 5.41) is 11.8. The minimum atomic E-state index is -0.487. The molecule has 0 aliphatic carbocycles. The van der Waals surface area contributed by atoms with E-state index in [-0.39, 0.29) is 11.7 Å². The van der Waals surface area contributed by atoms with Crippen LogP contribution in [0.25, 0.3) is 17.1 Å². The maximum atomic E-state index is 13.0. The highest BCUT2D eigenvalue weighted by Crippen LogP contribution is 2.31. The monoisotopic (exact) mass is 457 g/mol. The van der Waals surface area contributed by atoms with Gasteiger partial charge in [0.05, 0.1) is 16.6 Å². The number of para-hydroxylation sites is 2. The highest BCUT2D eigenvalue weighted by atomic mass is 32.2. The van der Waals surface area contributed by atoms with Gasteiger partial charge in [-0.2, -0.15) is 0 Å². The molecule has 4 rings (SSSR count). The van der Waals surface area contributed by atoms with Gasteiger partial charge in [-0.25, -0.2) is 0 Å². The third-order valence-electron chi connectivity index (χ3n) is 5.13. The number of aromatic nitrogens is 4. The summed E-state index contributed by atoms with van der Waals surface area (Å²) in [6.07, 6.45) is 3.45. The molecule has 8 heteroatoms. The fraction of sp³-hybridized carbons (Fsp3) is 0.160. The lowest BCUT2D eigenvalue weighted by molar-refractivity contribution is -0.115. The third kappa shape index (κ3) is 4.85. The number of aryl methyl sites for hydroxylation is 1. The smallest absolute Gasteiger partial charge is 0.237 e. The first-order valence-corrected chi connectivity index (χ1v) is 11.3. The molecule has 0 bridgehead atoms. The molecule has 4 aromatic rings. The molecule has 0 aliphatic heterocycles. The van der Waals surface area contributed by atoms with E-state index >= 15 is 0 Å². The van der Waals surface area contributed by atoms with Crippen molar-refractivity contribution in [2.24, 2.45) is 0 Å². The molecule has 1 N–H and O–H groups in total. The van der Waals surface area contributed by atoms with Crippen LogP contribution in [0, 0.1) is 6.92 Å². The number of nitrogens with one attached hydrogen (secondary N) is 1. The van der Waals surface area contributed by atoms with Crippen molar-refractivity contribution in [3.05, 3.63) is 84.2 Å². The summed E-state index contributed by atoms with van der Waals surface area (Å²) >= 11 is 1.30. The van der Waals surface area contributed by atoms with E-state index in [0.29, 0.717) is 22.2 Å². The largest absolute Gasteiger partial charge is 0.324 e. The molecule has 1 unspecified atom stereocenters. The molecule has 7 nitrogen and oxygen atoms in total. The Morgan fingerprint density at radius 3 is 2.48 bits per heavy atom. The van der Waals surface area contributed by atoms with Gasteiger partial charge in [0.1, 0.15) is 0 Å². The standard InChI is InChI=1S/C25H23N5O2S/c1-16-9-4-7-13-22(16)30-23(19-10-8-14-26-15-19)28-29-25(30)33-18(3)24(32)27-21-12-6-5-11-20(21)17(2)31/h4-15,18H,1-3H3,(H,27,32). The van der Waals surface area contributed by atoms with Crippen molar-refractivity contribution in [2.45, 2.75) is 31.2 Å². The van der Waals surface area contributed by atoms with Crippen molar-refractivity contribution in [3.8, 4) is 17.1 Å². The normalized spacial score (nSPS) is 11.7. The Kier molecular flexibility index (Phi) is 6.65. The number of rotatable bonds is 7. The molecule has 166 valence electrons. The highest BCUT2D eigenvalue weighted by Gasteiger charge is 2.23. The van der Waals surface area contributed by atoms with Crippen LogP contribution in [0.2, 0.25) is 0 Å². The second kappa shape index (κ2) is 9.79. The second-order valence-electron chi connectivity index (χ2n) is 7.52. The van der Waals surface area contributed by atoms with Gasteiger partial charge in [0, 0.05) is 23.5 Å². The number of hydrogen-bond acceptors (Lipinski definition) is 6. The molecule has 0 saturated heterocycles. The number of benzene rings is 2. The van der Waals surface area contributed by atoms with Crippen LogP contribution in [-0.4, -0.2) is 36.7 Å².